The van der Waals surface area contributed by atoms with Crippen molar-refractivity contribution >= 4 is 5.69 Å². The number of nitrogens with two attached hydrogens (primary N) is 1. The van der Waals surface area contributed by atoms with Crippen LogP contribution in [0.3, 0.4) is 0 Å². The highest BCUT2D eigenvalue weighted by atomic mass is 16.5. The highest BCUT2D eigenvalue weighted by Crippen LogP contribution is 2.33. The molecule has 0 bridgehead atoms. The lowest BCUT2D eigenvalue weighted by atomic mass is 10.0. The Bertz CT molecular complexity index is 361. The van der Waals surface area contributed by atoms with Gasteiger partial charge in [0.1, 0.15) is 5.75 Å². The van der Waals surface area contributed by atoms with Gasteiger partial charge in [0, 0.05) is 30.4 Å². The van der Waals surface area contributed by atoms with E-state index in [9.17, 15) is 5.11 Å². The zero-order valence-corrected chi connectivity index (χ0v) is 11.5. The summed E-state index contributed by atoms with van der Waals surface area (Å²) in [5.74, 6) is 0.807. The molecule has 0 heterocycles. The van der Waals surface area contributed by atoms with Gasteiger partial charge >= 0.3 is 0 Å². The number of aliphatic hydroxyl groups excluding tert-OH is 1. The summed E-state index contributed by atoms with van der Waals surface area (Å²) in [4.78, 5) is 2.15. The Morgan fingerprint density at radius 2 is 2.11 bits per heavy atom. The molecule has 18 heavy (non-hydrogen) atoms. The predicted molar refractivity (Wildman–Crippen MR) is 75.2 cm³/mol. The van der Waals surface area contributed by atoms with E-state index in [1.54, 1.807) is 7.11 Å². The standard InChI is InChI=1S/C14H24N2O2/c1-4-8-16(9-10-17)12-6-5-7-13(18-3)14(12)11(2)15/h5-7,11,17H,4,8-10,15H2,1-3H3/t11-/m1/s1. The van der Waals surface area contributed by atoms with Gasteiger partial charge in [0.25, 0.3) is 0 Å². The minimum Gasteiger partial charge on any atom is -0.496 e. The molecule has 0 radical (unpaired) electrons. The fourth-order valence-corrected chi connectivity index (χ4v) is 2.19. The molecule has 0 saturated heterocycles. The molecule has 0 amide bonds. The molecule has 0 unspecified atom stereocenters. The quantitative estimate of drug-likeness (QED) is 0.778. The second-order valence-corrected chi connectivity index (χ2v) is 4.39. The van der Waals surface area contributed by atoms with E-state index in [0.717, 1.165) is 30.0 Å². The van der Waals surface area contributed by atoms with Crippen LogP contribution in [0.2, 0.25) is 0 Å². The van der Waals surface area contributed by atoms with Crippen LogP contribution in [0.15, 0.2) is 18.2 Å². The Morgan fingerprint density at radius 3 is 2.61 bits per heavy atom. The van der Waals surface area contributed by atoms with Crippen molar-refractivity contribution in [2.24, 2.45) is 5.73 Å². The van der Waals surface area contributed by atoms with Crippen molar-refractivity contribution in [3.8, 4) is 5.75 Å². The Labute approximate surface area is 109 Å². The second-order valence-electron chi connectivity index (χ2n) is 4.39. The second kappa shape index (κ2) is 7.24. The maximum Gasteiger partial charge on any atom is 0.125 e. The van der Waals surface area contributed by atoms with Crippen LogP contribution in [0, 0.1) is 0 Å². The Kier molecular flexibility index (Phi) is 5.95. The van der Waals surface area contributed by atoms with E-state index in [4.69, 9.17) is 10.5 Å². The van der Waals surface area contributed by atoms with Gasteiger partial charge in [0.15, 0.2) is 0 Å². The van der Waals surface area contributed by atoms with Crippen LogP contribution >= 0.6 is 0 Å². The largest absolute Gasteiger partial charge is 0.496 e. The number of nitrogens with zero attached hydrogens (tertiary/aromatic N) is 1. The maximum atomic E-state index is 9.18. The average Bonchev–Trinajstić information content (AvgIpc) is 2.37. The summed E-state index contributed by atoms with van der Waals surface area (Å²) in [5, 5.41) is 9.18. The van der Waals surface area contributed by atoms with E-state index in [1.807, 2.05) is 25.1 Å². The van der Waals surface area contributed by atoms with E-state index >= 15 is 0 Å². The number of benzene rings is 1. The van der Waals surface area contributed by atoms with Crippen LogP contribution in [-0.4, -0.2) is 31.9 Å². The van der Waals surface area contributed by atoms with Crippen molar-refractivity contribution in [3.63, 3.8) is 0 Å². The van der Waals surface area contributed by atoms with E-state index < -0.39 is 0 Å². The van der Waals surface area contributed by atoms with Gasteiger partial charge in [-0.25, -0.2) is 0 Å². The highest BCUT2D eigenvalue weighted by molar-refractivity contribution is 5.60. The molecule has 0 fully saturated rings. The van der Waals surface area contributed by atoms with Crippen molar-refractivity contribution in [2.45, 2.75) is 26.3 Å². The summed E-state index contributed by atoms with van der Waals surface area (Å²) in [6.07, 6.45) is 1.02. The third kappa shape index (κ3) is 3.37. The topological polar surface area (TPSA) is 58.7 Å². The first-order valence-electron chi connectivity index (χ1n) is 6.44. The molecule has 1 aromatic rings. The van der Waals surface area contributed by atoms with Crippen molar-refractivity contribution in [2.75, 3.05) is 31.7 Å². The van der Waals surface area contributed by atoms with Crippen molar-refractivity contribution in [3.05, 3.63) is 23.8 Å². The first kappa shape index (κ1) is 14.8. The zero-order chi connectivity index (χ0) is 13.5. The lowest BCUT2D eigenvalue weighted by Gasteiger charge is -2.28. The predicted octanol–water partition coefficient (Wildman–Crippen LogP) is 1.92. The van der Waals surface area contributed by atoms with Gasteiger partial charge in [-0.15, -0.1) is 0 Å². The summed E-state index contributed by atoms with van der Waals surface area (Å²) in [7, 11) is 1.65. The minimum atomic E-state index is -0.103. The maximum absolute atomic E-state index is 9.18. The molecule has 0 aromatic heterocycles. The molecule has 0 saturated carbocycles. The average molecular weight is 252 g/mol. The first-order chi connectivity index (χ1) is 8.65. The van der Waals surface area contributed by atoms with Gasteiger partial charge in [0.05, 0.1) is 13.7 Å². The lowest BCUT2D eigenvalue weighted by Crippen LogP contribution is -2.29. The van der Waals surface area contributed by atoms with Gasteiger partial charge < -0.3 is 20.5 Å². The van der Waals surface area contributed by atoms with Gasteiger partial charge in [-0.2, -0.15) is 0 Å². The summed E-state index contributed by atoms with van der Waals surface area (Å²) < 4.78 is 5.38. The molecular weight excluding hydrogens is 228 g/mol. The number of methoxy groups -OCH3 is 1. The van der Waals surface area contributed by atoms with Gasteiger partial charge in [-0.05, 0) is 25.5 Å². The Hall–Kier alpha value is -1.26. The van der Waals surface area contributed by atoms with Crippen molar-refractivity contribution in [1.82, 2.24) is 0 Å². The number of aliphatic hydroxyl groups is 1. The molecule has 0 aliphatic carbocycles. The molecule has 4 nitrogen and oxygen atoms in total. The molecule has 3 N–H and O–H groups in total. The van der Waals surface area contributed by atoms with Crippen LogP contribution in [0.1, 0.15) is 31.9 Å². The third-order valence-corrected chi connectivity index (χ3v) is 2.92. The van der Waals surface area contributed by atoms with Crippen molar-refractivity contribution in [1.29, 1.82) is 0 Å². The lowest BCUT2D eigenvalue weighted by molar-refractivity contribution is 0.301. The molecule has 0 aliphatic heterocycles. The van der Waals surface area contributed by atoms with Crippen LogP contribution in [0.4, 0.5) is 5.69 Å². The van der Waals surface area contributed by atoms with Crippen LogP contribution < -0.4 is 15.4 Å². The van der Waals surface area contributed by atoms with Crippen molar-refractivity contribution < 1.29 is 9.84 Å². The number of hydrogen-bond acceptors (Lipinski definition) is 4. The fourth-order valence-electron chi connectivity index (χ4n) is 2.19. The van der Waals surface area contributed by atoms with Gasteiger partial charge in [-0.1, -0.05) is 13.0 Å². The molecule has 0 aliphatic rings. The summed E-state index contributed by atoms with van der Waals surface area (Å²) in [6.45, 7) is 5.71. The smallest absolute Gasteiger partial charge is 0.125 e. The van der Waals surface area contributed by atoms with E-state index in [2.05, 4.69) is 11.8 Å². The number of anilines is 1. The summed E-state index contributed by atoms with van der Waals surface area (Å²) in [5.41, 5.74) is 8.11. The molecule has 4 heteroatoms. The number of ether oxygens (including phenoxy) is 1. The first-order valence-corrected chi connectivity index (χ1v) is 6.44. The van der Waals surface area contributed by atoms with E-state index in [-0.39, 0.29) is 12.6 Å². The molecule has 1 aromatic carbocycles. The number of hydrogen-bond donors (Lipinski definition) is 2. The molecular formula is C14H24N2O2. The number of rotatable bonds is 7. The van der Waals surface area contributed by atoms with Gasteiger partial charge in [0.2, 0.25) is 0 Å². The van der Waals surface area contributed by atoms with Crippen LogP contribution in [0.25, 0.3) is 0 Å². The SMILES string of the molecule is CCCN(CCO)c1cccc(OC)c1[C@@H](C)N. The fraction of sp³-hybridized carbons (Fsp3) is 0.571. The summed E-state index contributed by atoms with van der Waals surface area (Å²) >= 11 is 0. The molecule has 1 atom stereocenters. The van der Waals surface area contributed by atoms with E-state index in [0.29, 0.717) is 6.54 Å². The monoisotopic (exact) mass is 252 g/mol. The van der Waals surface area contributed by atoms with Gasteiger partial charge in [-0.3, -0.25) is 0 Å². The Morgan fingerprint density at radius 1 is 1.39 bits per heavy atom. The molecule has 102 valence electrons. The van der Waals surface area contributed by atoms with E-state index in [1.165, 1.54) is 0 Å². The van der Waals surface area contributed by atoms with Crippen LogP contribution in [-0.2, 0) is 0 Å². The molecule has 1 rings (SSSR count). The normalized spacial score (nSPS) is 12.3. The Balaban J connectivity index is 3.18. The summed E-state index contributed by atoms with van der Waals surface area (Å²) in [6, 6.07) is 5.81. The highest BCUT2D eigenvalue weighted by Gasteiger charge is 2.17. The zero-order valence-electron chi connectivity index (χ0n) is 11.5. The third-order valence-electron chi connectivity index (χ3n) is 2.92. The molecule has 0 spiro atoms. The minimum absolute atomic E-state index is 0.103. The van der Waals surface area contributed by atoms with Crippen LogP contribution in [0.5, 0.6) is 5.75 Å².